The zero-order valence-corrected chi connectivity index (χ0v) is 12.3. The molecule has 1 aromatic carbocycles. The van der Waals surface area contributed by atoms with E-state index in [2.05, 4.69) is 22.5 Å². The molecule has 0 spiro atoms. The molecule has 1 aromatic rings. The molecule has 0 amide bonds. The van der Waals surface area contributed by atoms with E-state index in [9.17, 15) is 0 Å². The molecule has 0 saturated carbocycles. The standard InChI is InChI=1S/C14H22ClN3O/c1-3-16-14(17-9-4-10-19-2)18-11-12-5-7-13(15)8-6-12/h5-8H,3-4,9-11H2,1-2H3,(H2,16,17,18). The maximum atomic E-state index is 5.85. The molecular formula is C14H22ClN3O. The summed E-state index contributed by atoms with van der Waals surface area (Å²) in [7, 11) is 1.71. The summed E-state index contributed by atoms with van der Waals surface area (Å²) < 4.78 is 5.01. The molecule has 0 fully saturated rings. The van der Waals surface area contributed by atoms with Gasteiger partial charge >= 0.3 is 0 Å². The van der Waals surface area contributed by atoms with Gasteiger partial charge in [0, 0.05) is 31.8 Å². The van der Waals surface area contributed by atoms with Gasteiger partial charge in [0.05, 0.1) is 6.54 Å². The molecule has 0 bridgehead atoms. The minimum Gasteiger partial charge on any atom is -0.385 e. The van der Waals surface area contributed by atoms with E-state index in [0.717, 1.165) is 42.7 Å². The Bertz CT molecular complexity index is 379. The number of halogens is 1. The third-order valence-corrected chi connectivity index (χ3v) is 2.75. The summed E-state index contributed by atoms with van der Waals surface area (Å²) >= 11 is 5.85. The first-order valence-electron chi connectivity index (χ1n) is 6.51. The molecule has 0 aliphatic rings. The summed E-state index contributed by atoms with van der Waals surface area (Å²) in [6, 6.07) is 7.73. The number of aliphatic imine (C=N–C) groups is 1. The molecule has 106 valence electrons. The summed E-state index contributed by atoms with van der Waals surface area (Å²) in [6.45, 7) is 5.13. The zero-order valence-electron chi connectivity index (χ0n) is 11.6. The fraction of sp³-hybridized carbons (Fsp3) is 0.500. The van der Waals surface area contributed by atoms with E-state index in [1.165, 1.54) is 0 Å². The fourth-order valence-corrected chi connectivity index (χ4v) is 1.65. The van der Waals surface area contributed by atoms with Gasteiger partial charge < -0.3 is 15.4 Å². The van der Waals surface area contributed by atoms with Gasteiger partial charge in [0.1, 0.15) is 0 Å². The van der Waals surface area contributed by atoms with Gasteiger partial charge in [0.2, 0.25) is 0 Å². The van der Waals surface area contributed by atoms with Crippen LogP contribution in [-0.4, -0.2) is 32.8 Å². The van der Waals surface area contributed by atoms with E-state index in [-0.39, 0.29) is 0 Å². The molecule has 4 nitrogen and oxygen atoms in total. The monoisotopic (exact) mass is 283 g/mol. The number of hydrogen-bond donors (Lipinski definition) is 2. The van der Waals surface area contributed by atoms with Crippen LogP contribution in [0.3, 0.4) is 0 Å². The van der Waals surface area contributed by atoms with Gasteiger partial charge in [0.15, 0.2) is 5.96 Å². The minimum absolute atomic E-state index is 0.636. The van der Waals surface area contributed by atoms with Gasteiger partial charge in [-0.25, -0.2) is 4.99 Å². The van der Waals surface area contributed by atoms with E-state index in [1.807, 2.05) is 24.3 Å². The van der Waals surface area contributed by atoms with Gasteiger partial charge in [0.25, 0.3) is 0 Å². The molecule has 2 N–H and O–H groups in total. The Labute approximate surface area is 120 Å². The van der Waals surface area contributed by atoms with Crippen LogP contribution in [-0.2, 0) is 11.3 Å². The second kappa shape index (κ2) is 9.64. The largest absolute Gasteiger partial charge is 0.385 e. The first-order chi connectivity index (χ1) is 9.26. The van der Waals surface area contributed by atoms with E-state index in [4.69, 9.17) is 16.3 Å². The first-order valence-corrected chi connectivity index (χ1v) is 6.89. The smallest absolute Gasteiger partial charge is 0.191 e. The van der Waals surface area contributed by atoms with Gasteiger partial charge in [-0.3, -0.25) is 0 Å². The zero-order chi connectivity index (χ0) is 13.9. The molecule has 0 saturated heterocycles. The quantitative estimate of drug-likeness (QED) is 0.459. The molecule has 0 radical (unpaired) electrons. The molecule has 1 rings (SSSR count). The van der Waals surface area contributed by atoms with Crippen molar-refractivity contribution in [3.8, 4) is 0 Å². The summed E-state index contributed by atoms with van der Waals surface area (Å²) in [5.74, 6) is 0.827. The lowest BCUT2D eigenvalue weighted by molar-refractivity contribution is 0.195. The Morgan fingerprint density at radius 2 is 2.00 bits per heavy atom. The van der Waals surface area contributed by atoms with Gasteiger partial charge in [-0.1, -0.05) is 23.7 Å². The van der Waals surface area contributed by atoms with Crippen molar-refractivity contribution in [1.82, 2.24) is 10.6 Å². The minimum atomic E-state index is 0.636. The predicted octanol–water partition coefficient (Wildman–Crippen LogP) is 2.43. The lowest BCUT2D eigenvalue weighted by atomic mass is 10.2. The van der Waals surface area contributed by atoms with E-state index in [1.54, 1.807) is 7.11 Å². The molecule has 0 atom stereocenters. The Hall–Kier alpha value is -1.26. The van der Waals surface area contributed by atoms with Gasteiger partial charge in [-0.15, -0.1) is 0 Å². The second-order valence-corrected chi connectivity index (χ2v) is 4.53. The maximum Gasteiger partial charge on any atom is 0.191 e. The van der Waals surface area contributed by atoms with Crippen LogP contribution in [0.25, 0.3) is 0 Å². The van der Waals surface area contributed by atoms with Crippen molar-refractivity contribution in [2.75, 3.05) is 26.8 Å². The highest BCUT2D eigenvalue weighted by Crippen LogP contribution is 2.09. The average Bonchev–Trinajstić information content (AvgIpc) is 2.42. The van der Waals surface area contributed by atoms with Crippen molar-refractivity contribution in [3.63, 3.8) is 0 Å². The molecule has 5 heteroatoms. The van der Waals surface area contributed by atoms with Crippen molar-refractivity contribution in [1.29, 1.82) is 0 Å². The van der Waals surface area contributed by atoms with Crippen molar-refractivity contribution in [3.05, 3.63) is 34.9 Å². The van der Waals surface area contributed by atoms with Gasteiger partial charge in [-0.2, -0.15) is 0 Å². The lowest BCUT2D eigenvalue weighted by Gasteiger charge is -2.11. The Morgan fingerprint density at radius 3 is 2.63 bits per heavy atom. The normalized spacial score (nSPS) is 11.4. The first kappa shape index (κ1) is 15.8. The SMILES string of the molecule is CCNC(=NCc1ccc(Cl)cc1)NCCCOC. The van der Waals surface area contributed by atoms with Crippen LogP contribution in [0, 0.1) is 0 Å². The summed E-state index contributed by atoms with van der Waals surface area (Å²) in [5, 5.41) is 7.23. The molecule has 19 heavy (non-hydrogen) atoms. The third-order valence-electron chi connectivity index (χ3n) is 2.49. The highest BCUT2D eigenvalue weighted by molar-refractivity contribution is 6.30. The number of benzene rings is 1. The fourth-order valence-electron chi connectivity index (χ4n) is 1.53. The lowest BCUT2D eigenvalue weighted by Crippen LogP contribution is -2.38. The van der Waals surface area contributed by atoms with Gasteiger partial charge in [-0.05, 0) is 31.0 Å². The Balaban J connectivity index is 2.45. The predicted molar refractivity (Wildman–Crippen MR) is 80.8 cm³/mol. The third kappa shape index (κ3) is 7.03. The van der Waals surface area contributed by atoms with E-state index < -0.39 is 0 Å². The molecule has 0 aliphatic carbocycles. The number of nitrogens with zero attached hydrogens (tertiary/aromatic N) is 1. The van der Waals surface area contributed by atoms with Crippen LogP contribution in [0.4, 0.5) is 0 Å². The van der Waals surface area contributed by atoms with Crippen molar-refractivity contribution in [2.24, 2.45) is 4.99 Å². The van der Waals surface area contributed by atoms with Crippen LogP contribution in [0.15, 0.2) is 29.3 Å². The molecule has 0 heterocycles. The number of nitrogens with one attached hydrogen (secondary N) is 2. The van der Waals surface area contributed by atoms with Crippen LogP contribution in [0.2, 0.25) is 5.02 Å². The molecule has 0 aliphatic heterocycles. The van der Waals surface area contributed by atoms with Crippen molar-refractivity contribution in [2.45, 2.75) is 19.9 Å². The number of hydrogen-bond acceptors (Lipinski definition) is 2. The van der Waals surface area contributed by atoms with Crippen LogP contribution < -0.4 is 10.6 Å². The number of ether oxygens (including phenoxy) is 1. The van der Waals surface area contributed by atoms with Crippen LogP contribution in [0.5, 0.6) is 0 Å². The summed E-state index contributed by atoms with van der Waals surface area (Å²) in [6.07, 6.45) is 0.960. The highest BCUT2D eigenvalue weighted by atomic mass is 35.5. The number of methoxy groups -OCH3 is 1. The molecular weight excluding hydrogens is 262 g/mol. The maximum absolute atomic E-state index is 5.85. The Morgan fingerprint density at radius 1 is 1.26 bits per heavy atom. The topological polar surface area (TPSA) is 45.7 Å². The van der Waals surface area contributed by atoms with Crippen molar-refractivity contribution < 1.29 is 4.74 Å². The highest BCUT2D eigenvalue weighted by Gasteiger charge is 1.97. The van der Waals surface area contributed by atoms with Crippen molar-refractivity contribution >= 4 is 17.6 Å². The summed E-state index contributed by atoms with van der Waals surface area (Å²) in [5.41, 5.74) is 1.14. The number of guanidine groups is 1. The molecule has 0 aromatic heterocycles. The van der Waals surface area contributed by atoms with E-state index >= 15 is 0 Å². The number of rotatable bonds is 7. The van der Waals surface area contributed by atoms with Crippen LogP contribution in [0.1, 0.15) is 18.9 Å². The molecule has 0 unspecified atom stereocenters. The van der Waals surface area contributed by atoms with Crippen LogP contribution >= 0.6 is 11.6 Å². The second-order valence-electron chi connectivity index (χ2n) is 4.09. The summed E-state index contributed by atoms with van der Waals surface area (Å²) in [4.78, 5) is 4.52. The Kier molecular flexibility index (Phi) is 8.02. The van der Waals surface area contributed by atoms with E-state index in [0.29, 0.717) is 6.54 Å². The average molecular weight is 284 g/mol.